The molecule has 0 unspecified atom stereocenters. The Morgan fingerprint density at radius 2 is 2.20 bits per heavy atom. The predicted octanol–water partition coefficient (Wildman–Crippen LogP) is 2.50. The third-order valence-electron chi connectivity index (χ3n) is 3.58. The molecule has 0 bridgehead atoms. The minimum absolute atomic E-state index is 0.331. The van der Waals surface area contributed by atoms with Crippen molar-refractivity contribution in [3.05, 3.63) is 58.9 Å². The normalized spacial score (nSPS) is 12.8. The molecule has 0 radical (unpaired) electrons. The summed E-state index contributed by atoms with van der Waals surface area (Å²) < 4.78 is 5.55. The standard InChI is InChI=1S/C16H15NO3/c18-16(19)14-5-7-17-10-13(14)4-2-11-1-3-12-6-8-20-15(12)9-11/h1,3,5,7,9-10H,2,4,6,8H2,(H,18,19). The van der Waals surface area contributed by atoms with Crippen molar-refractivity contribution >= 4 is 5.97 Å². The number of fused-ring (bicyclic) bond motifs is 1. The highest BCUT2D eigenvalue weighted by Gasteiger charge is 2.13. The number of nitrogens with zero attached hydrogens (tertiary/aromatic N) is 1. The minimum Gasteiger partial charge on any atom is -0.493 e. The molecule has 4 nitrogen and oxygen atoms in total. The van der Waals surface area contributed by atoms with E-state index in [0.717, 1.165) is 36.3 Å². The number of benzene rings is 1. The minimum atomic E-state index is -0.903. The van der Waals surface area contributed by atoms with Crippen LogP contribution in [-0.4, -0.2) is 22.7 Å². The van der Waals surface area contributed by atoms with Crippen LogP contribution in [-0.2, 0) is 19.3 Å². The number of ether oxygens (including phenoxy) is 1. The molecule has 0 saturated carbocycles. The van der Waals surface area contributed by atoms with Crippen molar-refractivity contribution in [2.45, 2.75) is 19.3 Å². The zero-order chi connectivity index (χ0) is 13.9. The first kappa shape index (κ1) is 12.7. The van der Waals surface area contributed by atoms with Gasteiger partial charge in [-0.1, -0.05) is 12.1 Å². The van der Waals surface area contributed by atoms with Crippen LogP contribution in [0.5, 0.6) is 5.75 Å². The van der Waals surface area contributed by atoms with E-state index in [1.54, 1.807) is 12.3 Å². The van der Waals surface area contributed by atoms with Gasteiger partial charge in [-0.25, -0.2) is 4.79 Å². The Morgan fingerprint density at radius 3 is 3.05 bits per heavy atom. The van der Waals surface area contributed by atoms with Crippen LogP contribution in [0.4, 0.5) is 0 Å². The number of rotatable bonds is 4. The van der Waals surface area contributed by atoms with E-state index < -0.39 is 5.97 Å². The van der Waals surface area contributed by atoms with E-state index >= 15 is 0 Å². The molecule has 0 aliphatic carbocycles. The van der Waals surface area contributed by atoms with Crippen LogP contribution < -0.4 is 4.74 Å². The van der Waals surface area contributed by atoms with Gasteiger partial charge in [0, 0.05) is 18.8 Å². The Balaban J connectivity index is 1.75. The van der Waals surface area contributed by atoms with Crippen LogP contribution in [0.15, 0.2) is 36.7 Å². The fraction of sp³-hybridized carbons (Fsp3) is 0.250. The lowest BCUT2D eigenvalue weighted by Crippen LogP contribution is -2.04. The van der Waals surface area contributed by atoms with E-state index in [1.165, 1.54) is 11.8 Å². The van der Waals surface area contributed by atoms with Gasteiger partial charge in [0.2, 0.25) is 0 Å². The summed E-state index contributed by atoms with van der Waals surface area (Å²) in [4.78, 5) is 15.1. The average molecular weight is 269 g/mol. The quantitative estimate of drug-likeness (QED) is 0.926. The van der Waals surface area contributed by atoms with Crippen molar-refractivity contribution in [2.24, 2.45) is 0 Å². The molecule has 20 heavy (non-hydrogen) atoms. The van der Waals surface area contributed by atoms with Crippen LogP contribution in [0.3, 0.4) is 0 Å². The highest BCUT2D eigenvalue weighted by Crippen LogP contribution is 2.26. The molecule has 1 aliphatic rings. The number of carboxylic acid groups (broad SMARTS) is 1. The molecule has 3 rings (SSSR count). The molecular weight excluding hydrogens is 254 g/mol. The number of aryl methyl sites for hydroxylation is 2. The fourth-order valence-electron chi connectivity index (χ4n) is 2.48. The van der Waals surface area contributed by atoms with Crippen LogP contribution >= 0.6 is 0 Å². The van der Waals surface area contributed by atoms with Crippen molar-refractivity contribution in [1.82, 2.24) is 4.98 Å². The molecule has 0 fully saturated rings. The van der Waals surface area contributed by atoms with Gasteiger partial charge >= 0.3 is 5.97 Å². The highest BCUT2D eigenvalue weighted by atomic mass is 16.5. The topological polar surface area (TPSA) is 59.4 Å². The summed E-state index contributed by atoms with van der Waals surface area (Å²) in [5.41, 5.74) is 3.51. The first-order chi connectivity index (χ1) is 9.74. The first-order valence-corrected chi connectivity index (χ1v) is 6.65. The summed E-state index contributed by atoms with van der Waals surface area (Å²) in [6.45, 7) is 0.755. The van der Waals surface area contributed by atoms with Gasteiger partial charge in [0.05, 0.1) is 12.2 Å². The monoisotopic (exact) mass is 269 g/mol. The number of aromatic carboxylic acids is 1. The predicted molar refractivity (Wildman–Crippen MR) is 74.2 cm³/mol. The molecule has 0 spiro atoms. The van der Waals surface area contributed by atoms with E-state index in [2.05, 4.69) is 23.2 Å². The molecule has 1 aromatic carbocycles. The number of hydrogen-bond acceptors (Lipinski definition) is 3. The molecular formula is C16H15NO3. The SMILES string of the molecule is O=C(O)c1ccncc1CCc1ccc2c(c1)OCC2. The van der Waals surface area contributed by atoms with E-state index in [1.807, 2.05) is 0 Å². The fourth-order valence-corrected chi connectivity index (χ4v) is 2.48. The zero-order valence-corrected chi connectivity index (χ0v) is 11.0. The van der Waals surface area contributed by atoms with Crippen molar-refractivity contribution in [3.8, 4) is 5.75 Å². The summed E-state index contributed by atoms with van der Waals surface area (Å²) in [7, 11) is 0. The van der Waals surface area contributed by atoms with Gasteiger partial charge in [0.1, 0.15) is 5.75 Å². The van der Waals surface area contributed by atoms with E-state index in [9.17, 15) is 4.79 Å². The number of carbonyl (C=O) groups is 1. The molecule has 1 aromatic heterocycles. The molecule has 0 saturated heterocycles. The van der Waals surface area contributed by atoms with Gasteiger partial charge in [-0.15, -0.1) is 0 Å². The summed E-state index contributed by atoms with van der Waals surface area (Å²) in [6.07, 6.45) is 5.56. The van der Waals surface area contributed by atoms with Gasteiger partial charge in [-0.2, -0.15) is 0 Å². The van der Waals surface area contributed by atoms with E-state index in [-0.39, 0.29) is 0 Å². The van der Waals surface area contributed by atoms with Crippen molar-refractivity contribution in [3.63, 3.8) is 0 Å². The lowest BCUT2D eigenvalue weighted by atomic mass is 10.0. The smallest absolute Gasteiger partial charge is 0.336 e. The Kier molecular flexibility index (Phi) is 3.37. The largest absolute Gasteiger partial charge is 0.493 e. The van der Waals surface area contributed by atoms with Crippen LogP contribution in [0.1, 0.15) is 27.0 Å². The van der Waals surface area contributed by atoms with Crippen molar-refractivity contribution < 1.29 is 14.6 Å². The van der Waals surface area contributed by atoms with Crippen LogP contribution in [0, 0.1) is 0 Å². The maximum absolute atomic E-state index is 11.1. The molecule has 2 aromatic rings. The Morgan fingerprint density at radius 1 is 1.30 bits per heavy atom. The van der Waals surface area contributed by atoms with Gasteiger partial charge in [0.25, 0.3) is 0 Å². The second kappa shape index (κ2) is 5.33. The van der Waals surface area contributed by atoms with Crippen LogP contribution in [0.2, 0.25) is 0 Å². The maximum Gasteiger partial charge on any atom is 0.336 e. The second-order valence-electron chi connectivity index (χ2n) is 4.88. The van der Waals surface area contributed by atoms with Crippen LogP contribution in [0.25, 0.3) is 0 Å². The summed E-state index contributed by atoms with van der Waals surface area (Å²) in [5.74, 6) is 0.0619. The zero-order valence-electron chi connectivity index (χ0n) is 11.0. The average Bonchev–Trinajstić information content (AvgIpc) is 2.92. The molecule has 0 amide bonds. The molecule has 4 heteroatoms. The molecule has 102 valence electrons. The lowest BCUT2D eigenvalue weighted by molar-refractivity contribution is 0.0695. The van der Waals surface area contributed by atoms with E-state index in [4.69, 9.17) is 9.84 Å². The Labute approximate surface area is 117 Å². The lowest BCUT2D eigenvalue weighted by Gasteiger charge is -2.07. The van der Waals surface area contributed by atoms with Crippen molar-refractivity contribution in [1.29, 1.82) is 0 Å². The molecule has 1 N–H and O–H groups in total. The summed E-state index contributed by atoms with van der Waals surface area (Å²) >= 11 is 0. The number of carboxylic acids is 1. The number of hydrogen-bond donors (Lipinski definition) is 1. The van der Waals surface area contributed by atoms with Gasteiger partial charge in [-0.05, 0) is 41.7 Å². The Hall–Kier alpha value is -2.36. The highest BCUT2D eigenvalue weighted by molar-refractivity contribution is 5.89. The van der Waals surface area contributed by atoms with Gasteiger partial charge < -0.3 is 9.84 Å². The first-order valence-electron chi connectivity index (χ1n) is 6.65. The van der Waals surface area contributed by atoms with Crippen molar-refractivity contribution in [2.75, 3.05) is 6.61 Å². The molecule has 0 atom stereocenters. The van der Waals surface area contributed by atoms with Gasteiger partial charge in [0.15, 0.2) is 0 Å². The Bertz CT molecular complexity index is 652. The number of pyridine rings is 1. The molecule has 2 heterocycles. The number of aromatic nitrogens is 1. The van der Waals surface area contributed by atoms with E-state index in [0.29, 0.717) is 12.0 Å². The summed E-state index contributed by atoms with van der Waals surface area (Å²) in [6, 6.07) is 7.78. The second-order valence-corrected chi connectivity index (χ2v) is 4.88. The summed E-state index contributed by atoms with van der Waals surface area (Å²) in [5, 5.41) is 9.14. The van der Waals surface area contributed by atoms with Gasteiger partial charge in [-0.3, -0.25) is 4.98 Å². The molecule has 1 aliphatic heterocycles. The third-order valence-corrected chi connectivity index (χ3v) is 3.58. The maximum atomic E-state index is 11.1. The third kappa shape index (κ3) is 2.50.